The number of nitrogens with one attached hydrogen (secondary N) is 1. The highest BCUT2D eigenvalue weighted by Gasteiger charge is 2.32. The van der Waals surface area contributed by atoms with Crippen molar-refractivity contribution in [1.29, 1.82) is 5.26 Å². The summed E-state index contributed by atoms with van der Waals surface area (Å²) in [5.74, 6) is -0.635. The fourth-order valence-electron chi connectivity index (χ4n) is 1.86. The summed E-state index contributed by atoms with van der Waals surface area (Å²) in [5, 5.41) is 11.5. The molecule has 0 bridgehead atoms. The maximum Gasteiger partial charge on any atom is 0.240 e. The first-order valence-electron chi connectivity index (χ1n) is 6.19. The van der Waals surface area contributed by atoms with E-state index in [1.54, 1.807) is 24.3 Å². The molecule has 0 heterocycles. The molecule has 0 unspecified atom stereocenters. The third kappa shape index (κ3) is 3.55. The van der Waals surface area contributed by atoms with E-state index >= 15 is 0 Å². The molecule has 1 aliphatic carbocycles. The molecule has 98 valence electrons. The van der Waals surface area contributed by atoms with Gasteiger partial charge in [0.2, 0.25) is 11.8 Å². The van der Waals surface area contributed by atoms with Crippen LogP contribution in [0.4, 0.5) is 0 Å². The van der Waals surface area contributed by atoms with Crippen LogP contribution in [0.5, 0.6) is 0 Å². The average molecular weight is 257 g/mol. The van der Waals surface area contributed by atoms with Gasteiger partial charge < -0.3 is 11.1 Å². The highest BCUT2D eigenvalue weighted by molar-refractivity contribution is 5.88. The molecule has 1 aromatic carbocycles. The van der Waals surface area contributed by atoms with Crippen molar-refractivity contribution in [2.24, 2.45) is 11.7 Å². The first kappa shape index (κ1) is 13.1. The van der Waals surface area contributed by atoms with Crippen molar-refractivity contribution in [3.63, 3.8) is 0 Å². The topological polar surface area (TPSA) is 96.0 Å². The van der Waals surface area contributed by atoms with E-state index in [0.717, 1.165) is 18.4 Å². The van der Waals surface area contributed by atoms with Gasteiger partial charge in [-0.05, 0) is 30.5 Å². The number of amides is 2. The Labute approximate surface area is 111 Å². The van der Waals surface area contributed by atoms with Crippen molar-refractivity contribution < 1.29 is 9.59 Å². The van der Waals surface area contributed by atoms with Gasteiger partial charge in [0.05, 0.1) is 11.6 Å². The molecule has 0 saturated heterocycles. The highest BCUT2D eigenvalue weighted by atomic mass is 16.2. The zero-order valence-electron chi connectivity index (χ0n) is 10.4. The lowest BCUT2D eigenvalue weighted by Gasteiger charge is -2.15. The fraction of sp³-hybridized carbons (Fsp3) is 0.357. The molecule has 3 N–H and O–H groups in total. The van der Waals surface area contributed by atoms with Gasteiger partial charge in [-0.3, -0.25) is 9.59 Å². The molecule has 5 heteroatoms. The molecule has 1 aliphatic rings. The van der Waals surface area contributed by atoms with Gasteiger partial charge in [-0.2, -0.15) is 5.26 Å². The standard InChI is InChI=1S/C14H15N3O2/c15-8-10-3-1-2-9(6-10)7-12(13(16)18)17-14(19)11-4-5-11/h1-3,6,11-12H,4-5,7H2,(H2,16,18)(H,17,19)/t12-/m0/s1. The third-order valence-corrected chi connectivity index (χ3v) is 3.10. The van der Waals surface area contributed by atoms with E-state index in [2.05, 4.69) is 5.32 Å². The van der Waals surface area contributed by atoms with Crippen LogP contribution in [0.3, 0.4) is 0 Å². The minimum absolute atomic E-state index is 0.0345. The monoisotopic (exact) mass is 257 g/mol. The quantitative estimate of drug-likeness (QED) is 0.803. The molecule has 0 spiro atoms. The molecule has 0 aromatic heterocycles. The average Bonchev–Trinajstić information content (AvgIpc) is 3.22. The van der Waals surface area contributed by atoms with Crippen molar-refractivity contribution in [3.05, 3.63) is 35.4 Å². The van der Waals surface area contributed by atoms with E-state index in [1.165, 1.54) is 0 Å². The van der Waals surface area contributed by atoms with Crippen LogP contribution in [-0.2, 0) is 16.0 Å². The van der Waals surface area contributed by atoms with Crippen LogP contribution in [0.2, 0.25) is 0 Å². The Hall–Kier alpha value is -2.35. The summed E-state index contributed by atoms with van der Waals surface area (Å²) in [7, 11) is 0. The number of rotatable bonds is 5. The van der Waals surface area contributed by atoms with Crippen LogP contribution in [-0.4, -0.2) is 17.9 Å². The van der Waals surface area contributed by atoms with Crippen LogP contribution in [0, 0.1) is 17.2 Å². The lowest BCUT2D eigenvalue weighted by molar-refractivity contribution is -0.128. The molecule has 5 nitrogen and oxygen atoms in total. The maximum absolute atomic E-state index is 11.7. The third-order valence-electron chi connectivity index (χ3n) is 3.10. The molecule has 2 amide bonds. The Balaban J connectivity index is 2.05. The SMILES string of the molecule is N#Cc1cccc(C[C@H](NC(=O)C2CC2)C(N)=O)c1. The number of carbonyl (C=O) groups is 2. The molecule has 1 atom stereocenters. The number of primary amides is 1. The van der Waals surface area contributed by atoms with Crippen molar-refractivity contribution in [2.45, 2.75) is 25.3 Å². The summed E-state index contributed by atoms with van der Waals surface area (Å²) in [4.78, 5) is 23.0. The number of nitriles is 1. The number of nitrogens with zero attached hydrogens (tertiary/aromatic N) is 1. The summed E-state index contributed by atoms with van der Waals surface area (Å²) in [5.41, 5.74) is 6.63. The van der Waals surface area contributed by atoms with E-state index in [1.807, 2.05) is 6.07 Å². The molecule has 0 aliphatic heterocycles. The minimum atomic E-state index is -0.720. The Morgan fingerprint density at radius 2 is 2.21 bits per heavy atom. The van der Waals surface area contributed by atoms with Crippen LogP contribution >= 0.6 is 0 Å². The van der Waals surface area contributed by atoms with Gasteiger partial charge in [-0.15, -0.1) is 0 Å². The van der Waals surface area contributed by atoms with Crippen molar-refractivity contribution in [3.8, 4) is 6.07 Å². The van der Waals surface area contributed by atoms with Crippen molar-refractivity contribution >= 4 is 11.8 Å². The summed E-state index contributed by atoms with van der Waals surface area (Å²) in [6.07, 6.45) is 2.06. The van der Waals surface area contributed by atoms with E-state index in [4.69, 9.17) is 11.0 Å². The van der Waals surface area contributed by atoms with Crippen LogP contribution in [0.1, 0.15) is 24.0 Å². The van der Waals surface area contributed by atoms with Gasteiger partial charge >= 0.3 is 0 Å². The predicted molar refractivity (Wildman–Crippen MR) is 68.7 cm³/mol. The highest BCUT2D eigenvalue weighted by Crippen LogP contribution is 2.28. The Morgan fingerprint density at radius 3 is 2.79 bits per heavy atom. The van der Waals surface area contributed by atoms with Crippen LogP contribution < -0.4 is 11.1 Å². The second-order valence-corrected chi connectivity index (χ2v) is 4.75. The molecule has 1 saturated carbocycles. The lowest BCUT2D eigenvalue weighted by atomic mass is 10.0. The second-order valence-electron chi connectivity index (χ2n) is 4.75. The zero-order valence-corrected chi connectivity index (χ0v) is 10.4. The number of hydrogen-bond donors (Lipinski definition) is 2. The van der Waals surface area contributed by atoms with Crippen LogP contribution in [0.25, 0.3) is 0 Å². The summed E-state index contributed by atoms with van der Waals surface area (Å²) in [6, 6.07) is 8.25. The predicted octanol–water partition coefficient (Wildman–Crippen LogP) is 0.481. The molecular formula is C14H15N3O2. The molecule has 2 rings (SSSR count). The minimum Gasteiger partial charge on any atom is -0.368 e. The second kappa shape index (κ2) is 5.53. The normalized spacial score (nSPS) is 15.3. The molecule has 19 heavy (non-hydrogen) atoms. The van der Waals surface area contributed by atoms with Gasteiger partial charge in [0, 0.05) is 12.3 Å². The first-order chi connectivity index (χ1) is 9.10. The number of hydrogen-bond acceptors (Lipinski definition) is 3. The number of carbonyl (C=O) groups excluding carboxylic acids is 2. The van der Waals surface area contributed by atoms with Crippen molar-refractivity contribution in [2.75, 3.05) is 0 Å². The molecule has 0 radical (unpaired) electrons. The Kier molecular flexibility index (Phi) is 3.81. The summed E-state index contributed by atoms with van der Waals surface area (Å²) < 4.78 is 0. The van der Waals surface area contributed by atoms with E-state index < -0.39 is 11.9 Å². The fourth-order valence-corrected chi connectivity index (χ4v) is 1.86. The van der Waals surface area contributed by atoms with Gasteiger partial charge in [-0.1, -0.05) is 12.1 Å². The summed E-state index contributed by atoms with van der Waals surface area (Å²) in [6.45, 7) is 0. The molecule has 1 aromatic rings. The smallest absolute Gasteiger partial charge is 0.240 e. The van der Waals surface area contributed by atoms with E-state index in [9.17, 15) is 9.59 Å². The lowest BCUT2D eigenvalue weighted by Crippen LogP contribution is -2.46. The molecular weight excluding hydrogens is 242 g/mol. The Bertz CT molecular complexity index is 544. The van der Waals surface area contributed by atoms with E-state index in [-0.39, 0.29) is 11.8 Å². The molecule has 1 fully saturated rings. The zero-order chi connectivity index (χ0) is 13.8. The van der Waals surface area contributed by atoms with Gasteiger partial charge in [0.1, 0.15) is 6.04 Å². The summed E-state index contributed by atoms with van der Waals surface area (Å²) >= 11 is 0. The number of nitrogens with two attached hydrogens (primary N) is 1. The first-order valence-corrected chi connectivity index (χ1v) is 6.19. The maximum atomic E-state index is 11.7. The van der Waals surface area contributed by atoms with Gasteiger partial charge in [0.25, 0.3) is 0 Å². The largest absolute Gasteiger partial charge is 0.368 e. The Morgan fingerprint density at radius 1 is 1.47 bits per heavy atom. The van der Waals surface area contributed by atoms with Crippen molar-refractivity contribution in [1.82, 2.24) is 5.32 Å². The number of benzene rings is 1. The van der Waals surface area contributed by atoms with E-state index in [0.29, 0.717) is 12.0 Å². The van der Waals surface area contributed by atoms with Crippen LogP contribution in [0.15, 0.2) is 24.3 Å². The van der Waals surface area contributed by atoms with Gasteiger partial charge in [-0.25, -0.2) is 0 Å². The van der Waals surface area contributed by atoms with Gasteiger partial charge in [0.15, 0.2) is 0 Å².